The zero-order chi connectivity index (χ0) is 12.5. The fourth-order valence-corrected chi connectivity index (χ4v) is 2.07. The van der Waals surface area contributed by atoms with Crippen LogP contribution < -0.4 is 5.73 Å². The number of H-pyrrole nitrogens is 1. The number of aromatic amines is 1. The zero-order valence-corrected chi connectivity index (χ0v) is 9.54. The maximum Gasteiger partial charge on any atom is 0.125 e. The van der Waals surface area contributed by atoms with Crippen LogP contribution in [0.2, 0.25) is 0 Å². The number of aliphatic hydroxyl groups excluding tert-OH is 1. The Bertz CT molecular complexity index is 687. The Morgan fingerprint density at radius 1 is 1.17 bits per heavy atom. The van der Waals surface area contributed by atoms with Gasteiger partial charge in [-0.25, -0.2) is 0 Å². The molecule has 0 fully saturated rings. The molecular weight excluding hydrogens is 228 g/mol. The van der Waals surface area contributed by atoms with Crippen LogP contribution in [-0.2, 0) is 0 Å². The number of aromatic nitrogens is 3. The lowest BCUT2D eigenvalue weighted by atomic mass is 9.98. The number of pyridine rings is 1. The van der Waals surface area contributed by atoms with Gasteiger partial charge in [-0.3, -0.25) is 10.1 Å². The van der Waals surface area contributed by atoms with Gasteiger partial charge >= 0.3 is 0 Å². The molecule has 0 saturated carbocycles. The molecular formula is C13H12N4O. The van der Waals surface area contributed by atoms with E-state index in [1.165, 1.54) is 6.20 Å². The first-order valence-electron chi connectivity index (χ1n) is 5.57. The molecule has 2 heterocycles. The van der Waals surface area contributed by atoms with Gasteiger partial charge in [0, 0.05) is 23.3 Å². The summed E-state index contributed by atoms with van der Waals surface area (Å²) < 4.78 is 0. The molecule has 0 aliphatic heterocycles. The van der Waals surface area contributed by atoms with Crippen molar-refractivity contribution in [3.05, 3.63) is 54.0 Å². The second-order valence-corrected chi connectivity index (χ2v) is 4.09. The predicted molar refractivity (Wildman–Crippen MR) is 68.8 cm³/mol. The highest BCUT2D eigenvalue weighted by Crippen LogP contribution is 2.30. The van der Waals surface area contributed by atoms with Crippen LogP contribution >= 0.6 is 0 Å². The minimum atomic E-state index is -0.809. The van der Waals surface area contributed by atoms with E-state index in [2.05, 4.69) is 15.2 Å². The van der Waals surface area contributed by atoms with Gasteiger partial charge in [0.2, 0.25) is 0 Å². The quantitative estimate of drug-likeness (QED) is 0.635. The van der Waals surface area contributed by atoms with Crippen molar-refractivity contribution in [2.45, 2.75) is 6.10 Å². The van der Waals surface area contributed by atoms with Gasteiger partial charge in [0.15, 0.2) is 0 Å². The van der Waals surface area contributed by atoms with Crippen molar-refractivity contribution in [1.82, 2.24) is 15.2 Å². The van der Waals surface area contributed by atoms with E-state index in [0.29, 0.717) is 11.4 Å². The maximum atomic E-state index is 10.4. The van der Waals surface area contributed by atoms with E-state index >= 15 is 0 Å². The first-order valence-corrected chi connectivity index (χ1v) is 5.57. The highest BCUT2D eigenvalue weighted by Gasteiger charge is 2.17. The van der Waals surface area contributed by atoms with Crippen LogP contribution in [0, 0.1) is 0 Å². The van der Waals surface area contributed by atoms with Crippen LogP contribution in [0.1, 0.15) is 17.2 Å². The maximum absolute atomic E-state index is 10.4. The average molecular weight is 240 g/mol. The van der Waals surface area contributed by atoms with Crippen LogP contribution in [0.15, 0.2) is 42.9 Å². The number of hydrogen-bond acceptors (Lipinski definition) is 4. The van der Waals surface area contributed by atoms with Crippen molar-refractivity contribution >= 4 is 16.6 Å². The van der Waals surface area contributed by atoms with Crippen LogP contribution in [0.4, 0.5) is 5.82 Å². The highest BCUT2D eigenvalue weighted by atomic mass is 16.3. The van der Waals surface area contributed by atoms with Crippen molar-refractivity contribution < 1.29 is 5.11 Å². The molecule has 1 unspecified atom stereocenters. The molecule has 0 spiro atoms. The molecule has 0 aliphatic carbocycles. The Morgan fingerprint density at radius 3 is 2.83 bits per heavy atom. The van der Waals surface area contributed by atoms with E-state index in [1.54, 1.807) is 12.4 Å². The highest BCUT2D eigenvalue weighted by molar-refractivity contribution is 5.85. The number of nitrogens with zero attached hydrogens (tertiary/aromatic N) is 2. The molecule has 4 N–H and O–H groups in total. The van der Waals surface area contributed by atoms with Crippen molar-refractivity contribution in [1.29, 1.82) is 0 Å². The molecule has 5 heteroatoms. The second-order valence-electron chi connectivity index (χ2n) is 4.09. The molecule has 3 aromatic rings. The third-order valence-corrected chi connectivity index (χ3v) is 3.01. The molecule has 0 aliphatic rings. The van der Waals surface area contributed by atoms with Crippen molar-refractivity contribution in [3.8, 4) is 0 Å². The van der Waals surface area contributed by atoms with E-state index < -0.39 is 6.10 Å². The molecule has 2 aromatic heterocycles. The van der Waals surface area contributed by atoms with Crippen molar-refractivity contribution in [2.75, 3.05) is 5.73 Å². The van der Waals surface area contributed by atoms with Crippen LogP contribution in [-0.4, -0.2) is 20.3 Å². The number of fused-ring (bicyclic) bond motifs is 1. The Balaban J connectivity index is 2.18. The van der Waals surface area contributed by atoms with E-state index in [1.807, 2.05) is 24.3 Å². The Kier molecular flexibility index (Phi) is 2.46. The van der Waals surface area contributed by atoms with Gasteiger partial charge in [0.1, 0.15) is 11.9 Å². The molecule has 90 valence electrons. The molecule has 1 atom stereocenters. The van der Waals surface area contributed by atoms with Gasteiger partial charge < -0.3 is 10.8 Å². The largest absolute Gasteiger partial charge is 0.384 e. The molecule has 3 rings (SSSR count). The molecule has 1 aromatic carbocycles. The van der Waals surface area contributed by atoms with Gasteiger partial charge in [-0.2, -0.15) is 5.10 Å². The lowest BCUT2D eigenvalue weighted by Crippen LogP contribution is -2.02. The Morgan fingerprint density at radius 2 is 2.06 bits per heavy atom. The van der Waals surface area contributed by atoms with Gasteiger partial charge in [-0.05, 0) is 17.0 Å². The van der Waals surface area contributed by atoms with Crippen molar-refractivity contribution in [2.24, 2.45) is 0 Å². The van der Waals surface area contributed by atoms with E-state index in [9.17, 15) is 5.11 Å². The Labute approximate surface area is 103 Å². The average Bonchev–Trinajstić information content (AvgIpc) is 2.83. The zero-order valence-electron chi connectivity index (χ0n) is 9.54. The molecule has 18 heavy (non-hydrogen) atoms. The molecule has 0 bridgehead atoms. The SMILES string of the molecule is Nc1[nH]ncc1C(O)c1cccc2ccncc12. The number of rotatable bonds is 2. The summed E-state index contributed by atoms with van der Waals surface area (Å²) in [6.45, 7) is 0. The summed E-state index contributed by atoms with van der Waals surface area (Å²) >= 11 is 0. The summed E-state index contributed by atoms with van der Waals surface area (Å²) in [4.78, 5) is 4.09. The minimum absolute atomic E-state index is 0.378. The number of nitrogens with two attached hydrogens (primary N) is 1. The fraction of sp³-hybridized carbons (Fsp3) is 0.0769. The summed E-state index contributed by atoms with van der Waals surface area (Å²) in [5.74, 6) is 0.378. The number of nitrogen functional groups attached to an aromatic ring is 1. The van der Waals surface area contributed by atoms with E-state index in [4.69, 9.17) is 5.73 Å². The number of anilines is 1. The fourth-order valence-electron chi connectivity index (χ4n) is 2.07. The first kappa shape index (κ1) is 10.7. The van der Waals surface area contributed by atoms with Gasteiger partial charge in [-0.1, -0.05) is 18.2 Å². The van der Waals surface area contributed by atoms with E-state index in [-0.39, 0.29) is 0 Å². The number of benzene rings is 1. The molecule has 0 amide bonds. The van der Waals surface area contributed by atoms with Gasteiger partial charge in [-0.15, -0.1) is 0 Å². The lowest BCUT2D eigenvalue weighted by Gasteiger charge is -2.12. The van der Waals surface area contributed by atoms with E-state index in [0.717, 1.165) is 16.3 Å². The van der Waals surface area contributed by atoms with Crippen molar-refractivity contribution in [3.63, 3.8) is 0 Å². The number of nitrogens with one attached hydrogen (secondary N) is 1. The van der Waals surface area contributed by atoms with Crippen LogP contribution in [0.5, 0.6) is 0 Å². The standard InChI is InChI=1S/C13H12N4O/c14-13-11(7-16-17-13)12(18)9-3-1-2-8-4-5-15-6-10(8)9/h1-7,12,18H,(H3,14,16,17). The topological polar surface area (TPSA) is 87.8 Å². The predicted octanol–water partition coefficient (Wildman–Crippen LogP) is 1.62. The molecule has 5 nitrogen and oxygen atoms in total. The minimum Gasteiger partial charge on any atom is -0.384 e. The third kappa shape index (κ3) is 1.61. The smallest absolute Gasteiger partial charge is 0.125 e. The summed E-state index contributed by atoms with van der Waals surface area (Å²) in [7, 11) is 0. The number of aliphatic hydroxyl groups is 1. The summed E-state index contributed by atoms with van der Waals surface area (Å²) in [6, 6.07) is 7.65. The van der Waals surface area contributed by atoms with Gasteiger partial charge in [0.05, 0.1) is 6.20 Å². The molecule has 0 radical (unpaired) electrons. The summed E-state index contributed by atoms with van der Waals surface area (Å²) in [5, 5.41) is 18.8. The number of hydrogen-bond donors (Lipinski definition) is 3. The monoisotopic (exact) mass is 240 g/mol. The third-order valence-electron chi connectivity index (χ3n) is 3.01. The first-order chi connectivity index (χ1) is 8.77. The van der Waals surface area contributed by atoms with Crippen LogP contribution in [0.3, 0.4) is 0 Å². The Hall–Kier alpha value is -2.40. The summed E-state index contributed by atoms with van der Waals surface area (Å²) in [5.41, 5.74) is 7.08. The summed E-state index contributed by atoms with van der Waals surface area (Å²) in [6.07, 6.45) is 4.20. The molecule has 0 saturated heterocycles. The normalized spacial score (nSPS) is 12.7. The second kappa shape index (κ2) is 4.12. The van der Waals surface area contributed by atoms with Crippen LogP contribution in [0.25, 0.3) is 10.8 Å². The lowest BCUT2D eigenvalue weighted by molar-refractivity contribution is 0.222. The van der Waals surface area contributed by atoms with Gasteiger partial charge in [0.25, 0.3) is 0 Å².